The Kier molecular flexibility index (Phi) is 8.50. The van der Waals surface area contributed by atoms with E-state index in [1.165, 1.54) is 11.1 Å². The smallest absolute Gasteiger partial charge is 0.174 e. The summed E-state index contributed by atoms with van der Waals surface area (Å²) in [6.45, 7) is 10.1. The molecule has 0 bridgehead atoms. The molecule has 206 valence electrons. The van der Waals surface area contributed by atoms with Crippen molar-refractivity contribution < 1.29 is 19.1 Å². The lowest BCUT2D eigenvalue weighted by Crippen LogP contribution is -2.39. The van der Waals surface area contributed by atoms with Crippen LogP contribution in [0.4, 0.5) is 0 Å². The summed E-state index contributed by atoms with van der Waals surface area (Å²) in [4.78, 5) is 29.4. The molecule has 0 aromatic heterocycles. The molecular formula is C33H38INO4. The van der Waals surface area contributed by atoms with Gasteiger partial charge in [-0.15, -0.1) is 0 Å². The molecule has 0 saturated carbocycles. The minimum absolute atomic E-state index is 0.176. The molecule has 39 heavy (non-hydrogen) atoms. The summed E-state index contributed by atoms with van der Waals surface area (Å²) >= 11 is 2.31. The maximum Gasteiger partial charge on any atom is 0.174 e. The first kappa shape index (κ1) is 27.9. The van der Waals surface area contributed by atoms with Gasteiger partial charge in [-0.2, -0.15) is 0 Å². The number of hydrogen-bond acceptors (Lipinski definition) is 5. The minimum atomic E-state index is -0.343. The molecule has 1 heterocycles. The van der Waals surface area contributed by atoms with Gasteiger partial charge in [-0.05, 0) is 98.7 Å². The van der Waals surface area contributed by atoms with Gasteiger partial charge in [0, 0.05) is 47.8 Å². The number of allylic oxidation sites excluding steroid dienone is 4. The summed E-state index contributed by atoms with van der Waals surface area (Å²) in [6.07, 6.45) is 5.56. The van der Waals surface area contributed by atoms with Gasteiger partial charge in [-0.3, -0.25) is 9.59 Å². The van der Waals surface area contributed by atoms with E-state index in [1.54, 1.807) is 0 Å². The molecule has 0 saturated heterocycles. The molecule has 2 aromatic rings. The van der Waals surface area contributed by atoms with Gasteiger partial charge in [-0.25, -0.2) is 0 Å². The van der Waals surface area contributed by atoms with Crippen molar-refractivity contribution in [2.75, 3.05) is 13.2 Å². The van der Waals surface area contributed by atoms with E-state index in [9.17, 15) is 9.59 Å². The molecule has 0 unspecified atom stereocenters. The van der Waals surface area contributed by atoms with E-state index < -0.39 is 0 Å². The zero-order valence-corrected chi connectivity index (χ0v) is 25.7. The number of aryl methyl sites for hydroxylation is 2. The van der Waals surface area contributed by atoms with Crippen molar-refractivity contribution in [3.05, 3.63) is 78.7 Å². The van der Waals surface area contributed by atoms with Gasteiger partial charge in [-0.1, -0.05) is 36.2 Å². The Labute approximate surface area is 245 Å². The first-order chi connectivity index (χ1) is 18.8. The van der Waals surface area contributed by atoms with E-state index in [4.69, 9.17) is 9.47 Å². The van der Waals surface area contributed by atoms with Gasteiger partial charge in [0.05, 0.1) is 10.2 Å². The van der Waals surface area contributed by atoms with Crippen molar-refractivity contribution >= 4 is 34.2 Å². The average Bonchev–Trinajstić information content (AvgIpc) is 2.88. The maximum atomic E-state index is 13.5. The lowest BCUT2D eigenvalue weighted by molar-refractivity contribution is -0.117. The molecule has 0 spiro atoms. The molecule has 6 heteroatoms. The van der Waals surface area contributed by atoms with Gasteiger partial charge in [0.15, 0.2) is 23.1 Å². The van der Waals surface area contributed by atoms with E-state index >= 15 is 0 Å². The number of ketones is 2. The Hall–Kier alpha value is -2.61. The second-order valence-corrected chi connectivity index (χ2v) is 12.1. The van der Waals surface area contributed by atoms with Crippen molar-refractivity contribution in [1.82, 2.24) is 4.90 Å². The van der Waals surface area contributed by atoms with Crippen molar-refractivity contribution in [2.45, 2.75) is 85.2 Å². The number of Topliss-reactive ketones (excluding diaryl/α,β-unsaturated/α-hetero) is 2. The molecule has 2 aliphatic carbocycles. The highest BCUT2D eigenvalue weighted by molar-refractivity contribution is 14.1. The van der Waals surface area contributed by atoms with Crippen molar-refractivity contribution in [1.29, 1.82) is 0 Å². The highest BCUT2D eigenvalue weighted by Gasteiger charge is 2.43. The lowest BCUT2D eigenvalue weighted by atomic mass is 9.71. The Balaban J connectivity index is 1.60. The molecule has 0 fully saturated rings. The van der Waals surface area contributed by atoms with Gasteiger partial charge in [0.1, 0.15) is 6.61 Å². The molecule has 0 radical (unpaired) electrons. The number of halogens is 1. The molecule has 1 aliphatic heterocycles. The van der Waals surface area contributed by atoms with Gasteiger partial charge < -0.3 is 14.4 Å². The zero-order chi connectivity index (χ0) is 27.7. The van der Waals surface area contributed by atoms with Crippen LogP contribution in [0.5, 0.6) is 11.5 Å². The number of carbonyl (C=O) groups excluding carboxylic acids is 2. The van der Waals surface area contributed by atoms with Crippen LogP contribution in [0, 0.1) is 17.4 Å². The van der Waals surface area contributed by atoms with Gasteiger partial charge >= 0.3 is 0 Å². The number of rotatable bonds is 8. The monoisotopic (exact) mass is 639 g/mol. The Morgan fingerprint density at radius 3 is 2.03 bits per heavy atom. The molecule has 5 rings (SSSR count). The standard InChI is InChI=1S/C33H38INO4/c1-5-13-35-25-9-7-11-27(36)31(25)30(32-26(35)10-8-12-28(32)37)23-17-24(34)33(29(18-23)38-6-2)39-19-22-15-20(3)14-21(4)16-22/h14-18,30H,5-13,19H2,1-4H3. The summed E-state index contributed by atoms with van der Waals surface area (Å²) in [5, 5.41) is 0. The third-order valence-electron chi connectivity index (χ3n) is 7.86. The van der Waals surface area contributed by atoms with E-state index in [2.05, 4.69) is 72.5 Å². The largest absolute Gasteiger partial charge is 0.490 e. The number of benzene rings is 2. The van der Waals surface area contributed by atoms with Gasteiger partial charge in [0.25, 0.3) is 0 Å². The fraction of sp³-hybridized carbons (Fsp3) is 0.455. The molecule has 0 amide bonds. The van der Waals surface area contributed by atoms with E-state index in [1.807, 2.05) is 13.0 Å². The van der Waals surface area contributed by atoms with Crippen LogP contribution in [0.2, 0.25) is 0 Å². The summed E-state index contributed by atoms with van der Waals surface area (Å²) in [5.74, 6) is 1.38. The van der Waals surface area contributed by atoms with Crippen LogP contribution in [-0.4, -0.2) is 29.6 Å². The topological polar surface area (TPSA) is 55.8 Å². The van der Waals surface area contributed by atoms with Crippen LogP contribution in [0.15, 0.2) is 52.9 Å². The number of ether oxygens (including phenoxy) is 2. The number of nitrogens with zero attached hydrogens (tertiary/aromatic N) is 1. The molecule has 0 atom stereocenters. The van der Waals surface area contributed by atoms with E-state index in [0.29, 0.717) is 37.6 Å². The molecular weight excluding hydrogens is 601 g/mol. The quantitative estimate of drug-likeness (QED) is 0.277. The predicted octanol–water partition coefficient (Wildman–Crippen LogP) is 7.71. The Bertz CT molecular complexity index is 1310. The Morgan fingerprint density at radius 2 is 1.46 bits per heavy atom. The van der Waals surface area contributed by atoms with Crippen LogP contribution < -0.4 is 9.47 Å². The van der Waals surface area contributed by atoms with Crippen molar-refractivity contribution in [3.8, 4) is 11.5 Å². The fourth-order valence-electron chi connectivity index (χ4n) is 6.51. The second-order valence-electron chi connectivity index (χ2n) is 10.9. The van der Waals surface area contributed by atoms with E-state index in [-0.39, 0.29) is 17.5 Å². The van der Waals surface area contributed by atoms with Crippen LogP contribution >= 0.6 is 22.6 Å². The zero-order valence-electron chi connectivity index (χ0n) is 23.5. The summed E-state index contributed by atoms with van der Waals surface area (Å²) < 4.78 is 13.4. The highest BCUT2D eigenvalue weighted by atomic mass is 127. The highest BCUT2D eigenvalue weighted by Crippen LogP contribution is 2.50. The normalized spacial score (nSPS) is 17.9. The molecule has 2 aromatic carbocycles. The van der Waals surface area contributed by atoms with Crippen LogP contribution in [-0.2, 0) is 16.2 Å². The summed E-state index contributed by atoms with van der Waals surface area (Å²) in [7, 11) is 0. The number of hydrogen-bond donors (Lipinski definition) is 0. The second kappa shape index (κ2) is 11.9. The van der Waals surface area contributed by atoms with Crippen molar-refractivity contribution in [3.63, 3.8) is 0 Å². The number of carbonyl (C=O) groups is 2. The Morgan fingerprint density at radius 1 is 0.846 bits per heavy atom. The predicted molar refractivity (Wildman–Crippen MR) is 162 cm³/mol. The molecule has 3 aliphatic rings. The van der Waals surface area contributed by atoms with Gasteiger partial charge in [0.2, 0.25) is 0 Å². The fourth-order valence-corrected chi connectivity index (χ4v) is 7.29. The van der Waals surface area contributed by atoms with Crippen molar-refractivity contribution in [2.24, 2.45) is 0 Å². The van der Waals surface area contributed by atoms with Crippen LogP contribution in [0.3, 0.4) is 0 Å². The summed E-state index contributed by atoms with van der Waals surface area (Å²) in [5.41, 5.74) is 8.40. The lowest BCUT2D eigenvalue weighted by Gasteiger charge is -2.44. The average molecular weight is 640 g/mol. The first-order valence-corrected chi connectivity index (χ1v) is 15.4. The maximum absolute atomic E-state index is 13.5. The molecule has 0 N–H and O–H groups in total. The van der Waals surface area contributed by atoms with Crippen LogP contribution in [0.25, 0.3) is 0 Å². The molecule has 5 nitrogen and oxygen atoms in total. The third kappa shape index (κ3) is 5.54. The van der Waals surface area contributed by atoms with Crippen LogP contribution in [0.1, 0.15) is 87.0 Å². The SMILES string of the molecule is CCCN1C2=C(C(=O)CCC2)C(c2cc(I)c(OCc3cc(C)cc(C)c3)c(OCC)c2)C2=C1CCCC2=O. The van der Waals surface area contributed by atoms with E-state index in [0.717, 1.165) is 75.9 Å². The summed E-state index contributed by atoms with van der Waals surface area (Å²) in [6, 6.07) is 10.6. The third-order valence-corrected chi connectivity index (χ3v) is 8.66. The first-order valence-electron chi connectivity index (χ1n) is 14.3. The minimum Gasteiger partial charge on any atom is -0.490 e.